The van der Waals surface area contributed by atoms with Gasteiger partial charge in [0, 0.05) is 0 Å². The molecule has 1 heterocycles. The quantitative estimate of drug-likeness (QED) is 0.249. The SMILES string of the molecule is CONC(S)[n+]1cc[nH]c1. The van der Waals surface area contributed by atoms with Crippen LogP contribution in [0.3, 0.4) is 0 Å². The van der Waals surface area contributed by atoms with E-state index in [1.54, 1.807) is 19.6 Å². The maximum Gasteiger partial charge on any atom is 0.243 e. The average molecular weight is 160 g/mol. The molecule has 10 heavy (non-hydrogen) atoms. The number of hydroxylamine groups is 1. The van der Waals surface area contributed by atoms with E-state index in [-0.39, 0.29) is 5.50 Å². The van der Waals surface area contributed by atoms with E-state index in [2.05, 4.69) is 27.9 Å². The summed E-state index contributed by atoms with van der Waals surface area (Å²) in [5.74, 6) is 0. The third-order valence-electron chi connectivity index (χ3n) is 1.07. The Balaban J connectivity index is 2.50. The first kappa shape index (κ1) is 7.59. The molecule has 1 aromatic rings. The Morgan fingerprint density at radius 3 is 3.10 bits per heavy atom. The predicted molar refractivity (Wildman–Crippen MR) is 39.2 cm³/mol. The van der Waals surface area contributed by atoms with Gasteiger partial charge in [-0.15, -0.1) is 12.6 Å². The second kappa shape index (κ2) is 3.60. The van der Waals surface area contributed by atoms with E-state index in [1.165, 1.54) is 0 Å². The minimum atomic E-state index is -0.142. The second-order valence-electron chi connectivity index (χ2n) is 1.75. The third kappa shape index (κ3) is 1.73. The van der Waals surface area contributed by atoms with Gasteiger partial charge in [-0.3, -0.25) is 4.98 Å². The summed E-state index contributed by atoms with van der Waals surface area (Å²) < 4.78 is 1.83. The van der Waals surface area contributed by atoms with Gasteiger partial charge in [-0.05, 0) is 0 Å². The number of H-pyrrole nitrogens is 1. The smallest absolute Gasteiger partial charge is 0.243 e. The van der Waals surface area contributed by atoms with Gasteiger partial charge in [0.1, 0.15) is 12.4 Å². The van der Waals surface area contributed by atoms with Crippen LogP contribution in [0.4, 0.5) is 0 Å². The van der Waals surface area contributed by atoms with Crippen molar-refractivity contribution in [3.05, 3.63) is 18.7 Å². The molecule has 0 aromatic carbocycles. The molecule has 0 saturated heterocycles. The molecule has 1 rings (SSSR count). The summed E-state index contributed by atoms with van der Waals surface area (Å²) in [6.45, 7) is 0. The summed E-state index contributed by atoms with van der Waals surface area (Å²) in [6, 6.07) is 0. The van der Waals surface area contributed by atoms with Gasteiger partial charge in [0.15, 0.2) is 0 Å². The van der Waals surface area contributed by atoms with E-state index < -0.39 is 0 Å². The summed E-state index contributed by atoms with van der Waals surface area (Å²) >= 11 is 4.17. The van der Waals surface area contributed by atoms with E-state index in [1.807, 2.05) is 10.8 Å². The average Bonchev–Trinajstić information content (AvgIpc) is 2.38. The zero-order valence-corrected chi connectivity index (χ0v) is 6.51. The molecule has 0 radical (unpaired) electrons. The van der Waals surface area contributed by atoms with Crippen LogP contribution >= 0.6 is 12.6 Å². The highest BCUT2D eigenvalue weighted by atomic mass is 32.1. The van der Waals surface area contributed by atoms with Crippen LogP contribution in [0, 0.1) is 0 Å². The minimum absolute atomic E-state index is 0.142. The van der Waals surface area contributed by atoms with Crippen LogP contribution in [0.25, 0.3) is 0 Å². The summed E-state index contributed by atoms with van der Waals surface area (Å²) in [7, 11) is 1.55. The number of rotatable bonds is 3. The molecule has 0 aliphatic heterocycles. The first-order valence-electron chi connectivity index (χ1n) is 2.84. The molecule has 4 nitrogen and oxygen atoms in total. The standard InChI is InChI=1S/C5H9N3OS/c1-9-7-5(10)8-3-2-6-4-8/h2-5,7,10H,1H3/p+1. The summed E-state index contributed by atoms with van der Waals surface area (Å²) in [6.07, 6.45) is 5.44. The Morgan fingerprint density at radius 1 is 1.80 bits per heavy atom. The van der Waals surface area contributed by atoms with Crippen LogP contribution in [0.1, 0.15) is 5.50 Å². The van der Waals surface area contributed by atoms with Crippen LogP contribution < -0.4 is 10.0 Å². The molecule has 56 valence electrons. The lowest BCUT2D eigenvalue weighted by atomic mass is 10.9. The number of hydrogen-bond donors (Lipinski definition) is 3. The van der Waals surface area contributed by atoms with Crippen molar-refractivity contribution in [2.24, 2.45) is 0 Å². The topological polar surface area (TPSA) is 40.9 Å². The van der Waals surface area contributed by atoms with E-state index in [9.17, 15) is 0 Å². The zero-order valence-electron chi connectivity index (χ0n) is 5.61. The Hall–Kier alpha value is -0.520. The molecule has 0 aliphatic carbocycles. The molecule has 0 amide bonds. The van der Waals surface area contributed by atoms with Crippen molar-refractivity contribution in [1.29, 1.82) is 0 Å². The maximum atomic E-state index is 4.67. The van der Waals surface area contributed by atoms with Gasteiger partial charge in [0.05, 0.1) is 7.11 Å². The highest BCUT2D eigenvalue weighted by molar-refractivity contribution is 7.80. The fourth-order valence-corrected chi connectivity index (χ4v) is 0.869. The van der Waals surface area contributed by atoms with Gasteiger partial charge >= 0.3 is 0 Å². The molecule has 1 aromatic heterocycles. The Kier molecular flexibility index (Phi) is 2.73. The summed E-state index contributed by atoms with van der Waals surface area (Å²) in [4.78, 5) is 7.55. The highest BCUT2D eigenvalue weighted by Crippen LogP contribution is 1.93. The van der Waals surface area contributed by atoms with Gasteiger partial charge in [-0.25, -0.2) is 4.57 Å². The predicted octanol–water partition coefficient (Wildman–Crippen LogP) is -0.161. The number of aromatic nitrogens is 2. The third-order valence-corrected chi connectivity index (χ3v) is 1.44. The zero-order chi connectivity index (χ0) is 7.40. The van der Waals surface area contributed by atoms with Crippen molar-refractivity contribution in [3.8, 4) is 0 Å². The monoisotopic (exact) mass is 160 g/mol. The largest absolute Gasteiger partial charge is 0.301 e. The maximum absolute atomic E-state index is 4.67. The van der Waals surface area contributed by atoms with Crippen LogP contribution in [-0.2, 0) is 4.84 Å². The Morgan fingerprint density at radius 2 is 2.60 bits per heavy atom. The van der Waals surface area contributed by atoms with Crippen LogP contribution in [0.5, 0.6) is 0 Å². The highest BCUT2D eigenvalue weighted by Gasteiger charge is 2.06. The van der Waals surface area contributed by atoms with Crippen LogP contribution in [0.2, 0.25) is 0 Å². The van der Waals surface area contributed by atoms with Crippen molar-refractivity contribution in [1.82, 2.24) is 10.5 Å². The number of hydrogen-bond acceptors (Lipinski definition) is 3. The van der Waals surface area contributed by atoms with Crippen LogP contribution in [0.15, 0.2) is 18.7 Å². The van der Waals surface area contributed by atoms with Gasteiger partial charge in [0.25, 0.3) is 0 Å². The molecular weight excluding hydrogens is 150 g/mol. The molecule has 0 bridgehead atoms. The lowest BCUT2D eigenvalue weighted by Crippen LogP contribution is -2.42. The lowest BCUT2D eigenvalue weighted by molar-refractivity contribution is -0.709. The second-order valence-corrected chi connectivity index (χ2v) is 2.24. The summed E-state index contributed by atoms with van der Waals surface area (Å²) in [5.41, 5.74) is 2.51. The van der Waals surface area contributed by atoms with Crippen molar-refractivity contribution in [2.45, 2.75) is 5.50 Å². The first-order chi connectivity index (χ1) is 4.84. The number of nitrogens with zero attached hydrogens (tertiary/aromatic N) is 1. The van der Waals surface area contributed by atoms with E-state index in [4.69, 9.17) is 0 Å². The fraction of sp³-hybridized carbons (Fsp3) is 0.400. The minimum Gasteiger partial charge on any atom is -0.301 e. The summed E-state index contributed by atoms with van der Waals surface area (Å²) in [5, 5.41) is 0. The molecule has 2 N–H and O–H groups in total. The molecule has 1 unspecified atom stereocenters. The molecule has 5 heteroatoms. The van der Waals surface area contributed by atoms with Crippen molar-refractivity contribution < 1.29 is 9.40 Å². The van der Waals surface area contributed by atoms with E-state index in [0.717, 1.165) is 0 Å². The normalized spacial score (nSPS) is 13.4. The molecule has 0 aliphatic rings. The van der Waals surface area contributed by atoms with Crippen molar-refractivity contribution >= 4 is 12.6 Å². The molecule has 0 fully saturated rings. The van der Waals surface area contributed by atoms with Gasteiger partial charge < -0.3 is 4.84 Å². The Labute approximate surface area is 64.6 Å². The van der Waals surface area contributed by atoms with E-state index >= 15 is 0 Å². The van der Waals surface area contributed by atoms with E-state index in [0.29, 0.717) is 0 Å². The molecule has 1 atom stereocenters. The van der Waals surface area contributed by atoms with Crippen LogP contribution in [-0.4, -0.2) is 12.1 Å². The number of aromatic amines is 1. The first-order valence-corrected chi connectivity index (χ1v) is 3.36. The van der Waals surface area contributed by atoms with Gasteiger partial charge in [-0.1, -0.05) is 0 Å². The fourth-order valence-electron chi connectivity index (χ4n) is 0.620. The Bertz CT molecular complexity index is 177. The number of thiol groups is 1. The number of nitrogens with one attached hydrogen (secondary N) is 2. The van der Waals surface area contributed by atoms with Crippen molar-refractivity contribution in [2.75, 3.05) is 7.11 Å². The molecule has 0 spiro atoms. The van der Waals surface area contributed by atoms with Crippen molar-refractivity contribution in [3.63, 3.8) is 0 Å². The molecule has 0 saturated carbocycles. The van der Waals surface area contributed by atoms with Gasteiger partial charge in [0.2, 0.25) is 11.8 Å². The lowest BCUT2D eigenvalue weighted by Gasteiger charge is -2.05. The molecular formula is C5H10N3OS+. The van der Waals surface area contributed by atoms with Gasteiger partial charge in [-0.2, -0.15) is 5.48 Å². The number of imidazole rings is 1.